The van der Waals surface area contributed by atoms with Gasteiger partial charge in [-0.1, -0.05) is 88.4 Å². The van der Waals surface area contributed by atoms with E-state index >= 15 is 0 Å². The molecule has 2 aromatic carbocycles. The number of carboxylic acids is 3. The number of nitrogens with two attached hydrogens (primary N) is 4. The van der Waals surface area contributed by atoms with E-state index in [-0.39, 0.29) is 135 Å². The maximum Gasteiger partial charge on any atom is 0.326 e. The Morgan fingerprint density at radius 1 is 0.379 bits per heavy atom. The van der Waals surface area contributed by atoms with Crippen molar-refractivity contribution in [3.8, 4) is 0 Å². The number of guanidine groups is 3. The SMILES string of the molecule is CC(C)[C@H](NC(=O)[C@H](CO)NC(=O)[C@@H]1CCCN1C(=O)[C@H](Cc1ccccc1)NC(=O)[C@H](Cc1ccccc1)NC(=O)[C@H](CO)NC(=O)[C@H](CC(=O)O)NC(=O)[C@H](CO)NC(=O)[C@@H](NC(=O)[C@H](CCCNC(=N)N)NC(=O)[C@H](CCCNC(=N)N)NC(=O)[C@H](C)NC(=O)[C@@H]1CCCN1C(=O)[C@H](CCCCN)NC(=O)[C@H](CCC(=O)O)NC(=O)[C@H](CCCNC(=N)N)NC(=O)[C@@H]1CCCN1)C(C)C)C(=O)O. The highest BCUT2D eigenvalue weighted by molar-refractivity contribution is 6.02. The molecule has 0 saturated carbocycles. The van der Waals surface area contributed by atoms with Crippen LogP contribution >= 0.6 is 0 Å². The number of rotatable bonds is 61. The van der Waals surface area contributed by atoms with Crippen LogP contribution in [0.2, 0.25) is 0 Å². The van der Waals surface area contributed by atoms with E-state index in [1.165, 1.54) is 39.5 Å². The summed E-state index contributed by atoms with van der Waals surface area (Å²) in [6.45, 7) is 4.37. The molecular weight excluding hydrogens is 1840 g/mol. The van der Waals surface area contributed by atoms with E-state index < -0.39 is 278 Å². The Balaban J connectivity index is 1.32. The molecule has 3 aliphatic heterocycles. The normalized spacial score (nSPS) is 17.4. The van der Waals surface area contributed by atoms with Crippen molar-refractivity contribution in [1.29, 1.82) is 16.2 Å². The van der Waals surface area contributed by atoms with Gasteiger partial charge in [-0.25, -0.2) is 4.79 Å². The molecule has 52 heteroatoms. The summed E-state index contributed by atoms with van der Waals surface area (Å²) >= 11 is 0. The zero-order valence-corrected chi connectivity index (χ0v) is 79.1. The zero-order chi connectivity index (χ0) is 104. The number of nitrogens with zero attached hydrogens (tertiary/aromatic N) is 2. The number of nitrogens with one attached hydrogen (secondary N) is 21. The van der Waals surface area contributed by atoms with Crippen LogP contribution in [0.4, 0.5) is 0 Å². The minimum Gasteiger partial charge on any atom is -0.481 e. The van der Waals surface area contributed by atoms with E-state index in [4.69, 9.17) is 39.2 Å². The highest BCUT2D eigenvalue weighted by Gasteiger charge is 2.45. The highest BCUT2D eigenvalue weighted by atomic mass is 16.4. The second-order valence-corrected chi connectivity index (χ2v) is 34.9. The van der Waals surface area contributed by atoms with E-state index in [9.17, 15) is 122 Å². The molecule has 0 spiro atoms. The number of aliphatic hydroxyl groups is 3. The molecule has 140 heavy (non-hydrogen) atoms. The molecule has 3 heterocycles. The van der Waals surface area contributed by atoms with E-state index in [0.717, 1.165) is 4.90 Å². The van der Waals surface area contributed by atoms with Gasteiger partial charge in [-0.2, -0.15) is 0 Å². The van der Waals surface area contributed by atoms with Crippen molar-refractivity contribution < 1.29 is 122 Å². The fourth-order valence-corrected chi connectivity index (χ4v) is 15.6. The van der Waals surface area contributed by atoms with Gasteiger partial charge >= 0.3 is 17.9 Å². The van der Waals surface area contributed by atoms with Crippen LogP contribution in [0, 0.1) is 28.1 Å². The van der Waals surface area contributed by atoms with Crippen LogP contribution in [-0.4, -0.2) is 339 Å². The van der Waals surface area contributed by atoms with Gasteiger partial charge in [0.25, 0.3) is 0 Å². The Hall–Kier alpha value is -14.0. The predicted molar refractivity (Wildman–Crippen MR) is 502 cm³/mol. The summed E-state index contributed by atoms with van der Waals surface area (Å²) in [6, 6.07) is -10.0. The Labute approximate surface area is 808 Å². The summed E-state index contributed by atoms with van der Waals surface area (Å²) in [5.74, 6) is -23.4. The Kier molecular flexibility index (Phi) is 49.9. The largest absolute Gasteiger partial charge is 0.481 e. The molecule has 3 aliphatic rings. The molecule has 17 atom stereocenters. The summed E-state index contributed by atoms with van der Waals surface area (Å²) in [5.41, 5.74) is 23.2. The topological polar surface area (TPSA) is 844 Å². The molecule has 35 N–H and O–H groups in total. The van der Waals surface area contributed by atoms with Crippen molar-refractivity contribution in [3.63, 3.8) is 0 Å². The zero-order valence-electron chi connectivity index (χ0n) is 79.1. The molecule has 3 saturated heterocycles. The lowest BCUT2D eigenvalue weighted by Gasteiger charge is -2.31. The number of carbonyl (C=O) groups excluding carboxylic acids is 16. The second-order valence-electron chi connectivity index (χ2n) is 34.9. The minimum absolute atomic E-state index is 0.00156. The van der Waals surface area contributed by atoms with Gasteiger partial charge < -0.3 is 159 Å². The molecule has 2 aromatic rings. The smallest absolute Gasteiger partial charge is 0.326 e. The van der Waals surface area contributed by atoms with Gasteiger partial charge in [-0.3, -0.25) is 103 Å². The molecule has 0 bridgehead atoms. The van der Waals surface area contributed by atoms with Crippen LogP contribution in [-0.2, 0) is 104 Å². The molecule has 0 unspecified atom stereocenters. The summed E-state index contributed by atoms with van der Waals surface area (Å²) in [5, 5.41) is 129. The number of aliphatic carboxylic acids is 3. The standard InChI is InChI=1S/C88H139N27O25/c1-46(2)67(82(136)111-61(44-117)78(132)107-58(42-66(121)122)76(130)109-60(43-116)77(131)106-57(40-49-20-8-6-9-21-49)75(129)108-59(41-50-22-10-7-11-23-50)84(138)115-39-19-30-64(115)81(135)110-62(45-118)79(133)113-68(47(3)4)85(139)140)112-74(128)54(28-17-37-99-88(94)95)103-71(125)52(26-15-35-97-86(90)91)101-69(123)48(5)100-80(134)63-29-18-38-114(63)83(137)56(24-12-13-33-89)105-73(127)55(31-32-65(119)120)104-72(126)53(27-16-36-98-87(92)93)102-70(124)51-25-14-34-96-51/h6-11,20-23,46-48,51-64,67-68,96,116-118H,12-19,24-45,89H2,1-5H3,(H,100,134)(H,101,123)(H,102,124)(H,103,125)(H,104,126)(H,105,127)(H,106,131)(H,107,132)(H,108,129)(H,109,130)(H,110,135)(H,111,136)(H,112,128)(H,113,133)(H,119,120)(H,121,122)(H,139,140)(H4,90,91,97)(H4,92,93,98)(H4,94,95,99)/t48-,51-,52-,53-,54-,55-,56-,57-,58-,59-,60-,61-,62-,63-,64-,67-,68-/m0/s1. The van der Waals surface area contributed by atoms with Crippen molar-refractivity contribution in [3.05, 3.63) is 71.8 Å². The van der Waals surface area contributed by atoms with Crippen LogP contribution in [0.3, 0.4) is 0 Å². The van der Waals surface area contributed by atoms with Gasteiger partial charge in [-0.05, 0) is 146 Å². The molecular formula is C88H139N27O25. The van der Waals surface area contributed by atoms with Crippen molar-refractivity contribution in [1.82, 2.24) is 106 Å². The monoisotopic (exact) mass is 1970 g/mol. The number of amides is 16. The molecule has 52 nitrogen and oxygen atoms in total. The maximum absolute atomic E-state index is 14.8. The minimum atomic E-state index is -2.18. The Bertz CT molecular complexity index is 4590. The molecule has 0 aromatic heterocycles. The number of hydrogen-bond donors (Lipinski definition) is 31. The summed E-state index contributed by atoms with van der Waals surface area (Å²) in [7, 11) is 0. The van der Waals surface area contributed by atoms with Crippen LogP contribution < -0.4 is 119 Å². The number of unbranched alkanes of at least 4 members (excludes halogenated alkanes) is 1. The molecule has 3 fully saturated rings. The number of carbonyl (C=O) groups is 19. The first-order valence-electron chi connectivity index (χ1n) is 46.5. The second kappa shape index (κ2) is 60.0. The molecule has 776 valence electrons. The fourth-order valence-electron chi connectivity index (χ4n) is 15.6. The fraction of sp³-hybridized carbons (Fsp3) is 0.614. The number of hydrogen-bond acceptors (Lipinski definition) is 27. The third-order valence-electron chi connectivity index (χ3n) is 23.2. The predicted octanol–water partition coefficient (Wildman–Crippen LogP) is -9.36. The number of likely N-dealkylation sites (tertiary alicyclic amines) is 2. The van der Waals surface area contributed by atoms with Crippen molar-refractivity contribution in [2.24, 2.45) is 34.8 Å². The third-order valence-corrected chi connectivity index (χ3v) is 23.2. The number of carboxylic acid groups (broad SMARTS) is 3. The van der Waals surface area contributed by atoms with Gasteiger partial charge in [0, 0.05) is 52.0 Å². The lowest BCUT2D eigenvalue weighted by atomic mass is 10.0. The summed E-state index contributed by atoms with van der Waals surface area (Å²) in [4.78, 5) is 267. The lowest BCUT2D eigenvalue weighted by Crippen LogP contribution is -2.62. The molecule has 0 radical (unpaired) electrons. The highest BCUT2D eigenvalue weighted by Crippen LogP contribution is 2.24. The quantitative estimate of drug-likeness (QED) is 0.0166. The average Bonchev–Trinajstić information content (AvgIpc) is 1.73. The van der Waals surface area contributed by atoms with Gasteiger partial charge in [0.2, 0.25) is 94.5 Å². The molecule has 16 amide bonds. The van der Waals surface area contributed by atoms with Crippen LogP contribution in [0.1, 0.15) is 161 Å². The van der Waals surface area contributed by atoms with E-state index in [0.29, 0.717) is 36.9 Å². The van der Waals surface area contributed by atoms with Crippen LogP contribution in [0.5, 0.6) is 0 Å². The van der Waals surface area contributed by atoms with Crippen LogP contribution in [0.25, 0.3) is 0 Å². The van der Waals surface area contributed by atoms with Gasteiger partial charge in [0.15, 0.2) is 17.9 Å². The first-order valence-corrected chi connectivity index (χ1v) is 46.5. The van der Waals surface area contributed by atoms with Crippen LogP contribution in [0.15, 0.2) is 60.7 Å². The first-order chi connectivity index (χ1) is 66.4. The Morgan fingerprint density at radius 2 is 0.736 bits per heavy atom. The van der Waals surface area contributed by atoms with Gasteiger partial charge in [-0.15, -0.1) is 0 Å². The van der Waals surface area contributed by atoms with E-state index in [1.54, 1.807) is 60.7 Å². The third kappa shape index (κ3) is 39.5. The lowest BCUT2D eigenvalue weighted by molar-refractivity contribution is -0.144. The van der Waals surface area contributed by atoms with Gasteiger partial charge in [0.05, 0.1) is 32.3 Å². The van der Waals surface area contributed by atoms with E-state index in [2.05, 4.69) is 95.7 Å². The van der Waals surface area contributed by atoms with Crippen molar-refractivity contribution in [2.45, 2.75) is 266 Å². The Morgan fingerprint density at radius 3 is 1.18 bits per heavy atom. The first kappa shape index (κ1) is 116. The van der Waals surface area contributed by atoms with Crippen molar-refractivity contribution >= 4 is 130 Å². The molecule has 5 rings (SSSR count). The summed E-state index contributed by atoms with van der Waals surface area (Å²) < 4.78 is 0. The number of aliphatic hydroxyl groups excluding tert-OH is 3. The average molecular weight is 1980 g/mol. The number of benzene rings is 2. The molecule has 0 aliphatic carbocycles. The van der Waals surface area contributed by atoms with E-state index in [1.807, 2.05) is 0 Å². The summed E-state index contributed by atoms with van der Waals surface area (Å²) in [6.07, 6.45) is -0.960. The van der Waals surface area contributed by atoms with Gasteiger partial charge in [0.1, 0.15) is 96.7 Å². The van der Waals surface area contributed by atoms with Crippen molar-refractivity contribution in [2.75, 3.05) is 65.6 Å². The maximum atomic E-state index is 14.8.